The van der Waals surface area contributed by atoms with Crippen LogP contribution in [-0.4, -0.2) is 22.1 Å². The van der Waals surface area contributed by atoms with E-state index < -0.39 is 0 Å². The van der Waals surface area contributed by atoms with E-state index in [9.17, 15) is 4.79 Å². The molecule has 5 heteroatoms. The maximum atomic E-state index is 12.8. The fourth-order valence-corrected chi connectivity index (χ4v) is 4.62. The Kier molecular flexibility index (Phi) is 8.14. The molecule has 38 heavy (non-hydrogen) atoms. The third-order valence-electron chi connectivity index (χ3n) is 6.73. The molecule has 1 N–H and O–H groups in total. The zero-order valence-corrected chi connectivity index (χ0v) is 21.8. The number of hydrogen-bond donors (Lipinski definition) is 1. The summed E-state index contributed by atoms with van der Waals surface area (Å²) in [5.74, 6) is 1.73. The SMILES string of the molecule is CCc1ccc(OCCCn2c(CNC(=O)Cc3ccc(-c4ccccc4)cc3)nc3ccccc32)cc1. The summed E-state index contributed by atoms with van der Waals surface area (Å²) in [5.41, 5.74) is 6.61. The molecule has 0 aliphatic heterocycles. The summed E-state index contributed by atoms with van der Waals surface area (Å²) in [5, 5.41) is 3.07. The Bertz CT molecular complexity index is 1470. The van der Waals surface area contributed by atoms with Gasteiger partial charge in [-0.2, -0.15) is 0 Å². The largest absolute Gasteiger partial charge is 0.494 e. The number of hydrogen-bond acceptors (Lipinski definition) is 3. The highest BCUT2D eigenvalue weighted by Crippen LogP contribution is 2.20. The number of nitrogens with zero attached hydrogens (tertiary/aromatic N) is 2. The smallest absolute Gasteiger partial charge is 0.224 e. The fraction of sp³-hybridized carbons (Fsp3) is 0.212. The van der Waals surface area contributed by atoms with Crippen molar-refractivity contribution in [2.45, 2.75) is 39.3 Å². The van der Waals surface area contributed by atoms with Crippen molar-refractivity contribution in [3.05, 3.63) is 120 Å². The highest BCUT2D eigenvalue weighted by molar-refractivity contribution is 5.79. The van der Waals surface area contributed by atoms with Gasteiger partial charge in [-0.15, -0.1) is 0 Å². The normalized spacial score (nSPS) is 11.0. The molecule has 5 aromatic rings. The van der Waals surface area contributed by atoms with E-state index in [0.717, 1.165) is 53.1 Å². The van der Waals surface area contributed by atoms with Gasteiger partial charge in [0.1, 0.15) is 11.6 Å². The highest BCUT2D eigenvalue weighted by atomic mass is 16.5. The molecule has 0 saturated carbocycles. The number of amides is 1. The standard InChI is InChI=1S/C33H33N3O2/c1-2-25-15-19-29(20-16-25)38-22-8-21-36-31-12-7-6-11-30(31)35-32(36)24-34-33(37)23-26-13-17-28(18-14-26)27-9-4-3-5-10-27/h3-7,9-20H,2,8,21-24H2,1H3,(H,34,37). The van der Waals surface area contributed by atoms with Crippen molar-refractivity contribution in [1.82, 2.24) is 14.9 Å². The molecule has 0 saturated heterocycles. The monoisotopic (exact) mass is 503 g/mol. The van der Waals surface area contributed by atoms with Crippen LogP contribution in [0.4, 0.5) is 0 Å². The Morgan fingerprint density at radius 3 is 2.26 bits per heavy atom. The first-order valence-electron chi connectivity index (χ1n) is 13.3. The molecular formula is C33H33N3O2. The number of imidazole rings is 1. The molecule has 5 rings (SSSR count). The fourth-order valence-electron chi connectivity index (χ4n) is 4.62. The molecule has 0 unspecified atom stereocenters. The van der Waals surface area contributed by atoms with Crippen molar-refractivity contribution in [3.63, 3.8) is 0 Å². The average Bonchev–Trinajstić information content (AvgIpc) is 3.33. The Morgan fingerprint density at radius 1 is 0.816 bits per heavy atom. The first-order chi connectivity index (χ1) is 18.7. The molecule has 0 aliphatic rings. The molecule has 1 aromatic heterocycles. The molecule has 0 bridgehead atoms. The van der Waals surface area contributed by atoms with E-state index in [0.29, 0.717) is 19.6 Å². The van der Waals surface area contributed by atoms with Crippen molar-refractivity contribution < 1.29 is 9.53 Å². The summed E-state index contributed by atoms with van der Waals surface area (Å²) in [6.45, 7) is 3.91. The maximum Gasteiger partial charge on any atom is 0.224 e. The Balaban J connectivity index is 1.18. The van der Waals surface area contributed by atoms with E-state index in [2.05, 4.69) is 59.3 Å². The van der Waals surface area contributed by atoms with Crippen LogP contribution in [0.5, 0.6) is 5.75 Å². The second kappa shape index (κ2) is 12.2. The molecule has 1 heterocycles. The van der Waals surface area contributed by atoms with Gasteiger partial charge < -0.3 is 14.6 Å². The minimum Gasteiger partial charge on any atom is -0.494 e. The van der Waals surface area contributed by atoms with Crippen LogP contribution in [0.15, 0.2) is 103 Å². The highest BCUT2D eigenvalue weighted by Gasteiger charge is 2.12. The third-order valence-corrected chi connectivity index (χ3v) is 6.73. The molecule has 192 valence electrons. The zero-order chi connectivity index (χ0) is 26.2. The van der Waals surface area contributed by atoms with Gasteiger partial charge in [-0.1, -0.05) is 85.8 Å². The molecule has 0 spiro atoms. The predicted molar refractivity (Wildman–Crippen MR) is 153 cm³/mol. The minimum absolute atomic E-state index is 0.0186. The summed E-state index contributed by atoms with van der Waals surface area (Å²) in [7, 11) is 0. The number of fused-ring (bicyclic) bond motifs is 1. The number of carbonyl (C=O) groups excluding carboxylic acids is 1. The first kappa shape index (κ1) is 25.3. The number of nitrogens with one attached hydrogen (secondary N) is 1. The second-order valence-corrected chi connectivity index (χ2v) is 9.38. The molecule has 4 aromatic carbocycles. The molecular weight excluding hydrogens is 470 g/mol. The molecule has 0 fully saturated rings. The quantitative estimate of drug-likeness (QED) is 0.207. The Labute approximate surface area is 224 Å². The number of aryl methyl sites for hydroxylation is 2. The topological polar surface area (TPSA) is 56.1 Å². The van der Waals surface area contributed by atoms with Gasteiger partial charge in [0.15, 0.2) is 0 Å². The second-order valence-electron chi connectivity index (χ2n) is 9.38. The summed E-state index contributed by atoms with van der Waals surface area (Å²) in [4.78, 5) is 17.6. The number of rotatable bonds is 11. The zero-order valence-electron chi connectivity index (χ0n) is 21.8. The molecule has 0 aliphatic carbocycles. The summed E-state index contributed by atoms with van der Waals surface area (Å²) < 4.78 is 8.14. The number of benzene rings is 4. The minimum atomic E-state index is -0.0186. The van der Waals surface area contributed by atoms with Gasteiger partial charge in [0.05, 0.1) is 30.6 Å². The van der Waals surface area contributed by atoms with Gasteiger partial charge in [-0.3, -0.25) is 4.79 Å². The maximum absolute atomic E-state index is 12.8. The van der Waals surface area contributed by atoms with E-state index in [-0.39, 0.29) is 5.91 Å². The van der Waals surface area contributed by atoms with Crippen LogP contribution in [0.3, 0.4) is 0 Å². The summed E-state index contributed by atoms with van der Waals surface area (Å²) >= 11 is 0. The number of aromatic nitrogens is 2. The van der Waals surface area contributed by atoms with Gasteiger partial charge in [0.25, 0.3) is 0 Å². The average molecular weight is 504 g/mol. The van der Waals surface area contributed by atoms with Crippen molar-refractivity contribution in [2.75, 3.05) is 6.61 Å². The van der Waals surface area contributed by atoms with Crippen molar-refractivity contribution in [3.8, 4) is 16.9 Å². The van der Waals surface area contributed by atoms with E-state index in [1.807, 2.05) is 60.7 Å². The summed E-state index contributed by atoms with van der Waals surface area (Å²) in [6.07, 6.45) is 2.19. The molecule has 0 atom stereocenters. The van der Waals surface area contributed by atoms with Crippen molar-refractivity contribution in [2.24, 2.45) is 0 Å². The Hall–Kier alpha value is -4.38. The van der Waals surface area contributed by atoms with E-state index >= 15 is 0 Å². The van der Waals surface area contributed by atoms with Crippen LogP contribution in [0, 0.1) is 0 Å². The van der Waals surface area contributed by atoms with Gasteiger partial charge in [0, 0.05) is 6.54 Å². The summed E-state index contributed by atoms with van der Waals surface area (Å²) in [6, 6.07) is 34.8. The van der Waals surface area contributed by atoms with Gasteiger partial charge >= 0.3 is 0 Å². The van der Waals surface area contributed by atoms with Crippen LogP contribution in [0.25, 0.3) is 22.2 Å². The lowest BCUT2D eigenvalue weighted by atomic mass is 10.0. The van der Waals surface area contributed by atoms with Gasteiger partial charge in [-0.25, -0.2) is 4.98 Å². The van der Waals surface area contributed by atoms with Crippen LogP contribution in [-0.2, 0) is 30.7 Å². The van der Waals surface area contributed by atoms with E-state index in [4.69, 9.17) is 9.72 Å². The predicted octanol–water partition coefficient (Wildman–Crippen LogP) is 6.59. The molecule has 0 radical (unpaired) electrons. The van der Waals surface area contributed by atoms with Gasteiger partial charge in [0.2, 0.25) is 5.91 Å². The number of para-hydroxylation sites is 2. The van der Waals surface area contributed by atoms with Gasteiger partial charge in [-0.05, 0) is 59.4 Å². The Morgan fingerprint density at radius 2 is 1.50 bits per heavy atom. The first-order valence-corrected chi connectivity index (χ1v) is 13.3. The van der Waals surface area contributed by atoms with Crippen LogP contribution >= 0.6 is 0 Å². The lowest BCUT2D eigenvalue weighted by Crippen LogP contribution is -2.26. The number of ether oxygens (including phenoxy) is 1. The lowest BCUT2D eigenvalue weighted by Gasteiger charge is -2.12. The lowest BCUT2D eigenvalue weighted by molar-refractivity contribution is -0.120. The van der Waals surface area contributed by atoms with Crippen molar-refractivity contribution in [1.29, 1.82) is 0 Å². The number of carbonyl (C=O) groups is 1. The van der Waals surface area contributed by atoms with E-state index in [1.54, 1.807) is 0 Å². The van der Waals surface area contributed by atoms with E-state index in [1.165, 1.54) is 11.1 Å². The molecule has 5 nitrogen and oxygen atoms in total. The van der Waals surface area contributed by atoms with Crippen LogP contribution < -0.4 is 10.1 Å². The van der Waals surface area contributed by atoms with Crippen LogP contribution in [0.2, 0.25) is 0 Å². The molecule has 1 amide bonds. The third kappa shape index (κ3) is 6.30. The van der Waals surface area contributed by atoms with Crippen LogP contribution in [0.1, 0.15) is 30.3 Å². The van der Waals surface area contributed by atoms with Crippen molar-refractivity contribution >= 4 is 16.9 Å².